The molecule has 0 heterocycles. The summed E-state index contributed by atoms with van der Waals surface area (Å²) in [7, 11) is 0. The lowest BCUT2D eigenvalue weighted by atomic mass is 10.2. The van der Waals surface area contributed by atoms with Crippen molar-refractivity contribution in [3.63, 3.8) is 0 Å². The van der Waals surface area contributed by atoms with E-state index in [4.69, 9.17) is 20.9 Å². The van der Waals surface area contributed by atoms with Crippen molar-refractivity contribution in [1.29, 1.82) is 0 Å². The van der Waals surface area contributed by atoms with Crippen molar-refractivity contribution in [2.45, 2.75) is 26.6 Å². The lowest BCUT2D eigenvalue weighted by Gasteiger charge is -2.19. The van der Waals surface area contributed by atoms with Gasteiger partial charge in [-0.3, -0.25) is 0 Å². The first-order valence-electron chi connectivity index (χ1n) is 6.63. The van der Waals surface area contributed by atoms with Gasteiger partial charge in [-0.05, 0) is 55.0 Å². The average molecular weight is 272 g/mol. The van der Waals surface area contributed by atoms with Crippen LogP contribution in [-0.4, -0.2) is 6.29 Å². The van der Waals surface area contributed by atoms with Crippen molar-refractivity contribution in [3.05, 3.63) is 48.0 Å². The predicted octanol–water partition coefficient (Wildman–Crippen LogP) is 3.35. The Morgan fingerprint density at radius 3 is 2.15 bits per heavy atom. The van der Waals surface area contributed by atoms with Crippen LogP contribution in [-0.2, 0) is 0 Å². The maximum atomic E-state index is 5.82. The molecule has 2 aromatic rings. The van der Waals surface area contributed by atoms with Crippen LogP contribution >= 0.6 is 0 Å². The maximum absolute atomic E-state index is 5.82. The largest absolute Gasteiger partial charge is 0.455 e. The lowest BCUT2D eigenvalue weighted by Crippen LogP contribution is -2.22. The highest BCUT2D eigenvalue weighted by Crippen LogP contribution is 2.22. The lowest BCUT2D eigenvalue weighted by molar-refractivity contribution is 0.00329. The van der Waals surface area contributed by atoms with Gasteiger partial charge in [-0.25, -0.2) is 0 Å². The highest BCUT2D eigenvalue weighted by molar-refractivity contribution is 5.49. The number of aryl methyl sites for hydroxylation is 1. The van der Waals surface area contributed by atoms with Crippen molar-refractivity contribution in [3.8, 4) is 11.5 Å². The Morgan fingerprint density at radius 2 is 1.55 bits per heavy atom. The molecule has 1 unspecified atom stereocenters. The van der Waals surface area contributed by atoms with Crippen molar-refractivity contribution in [2.24, 2.45) is 0 Å². The van der Waals surface area contributed by atoms with Gasteiger partial charge in [0, 0.05) is 17.8 Å². The molecule has 2 aromatic carbocycles. The summed E-state index contributed by atoms with van der Waals surface area (Å²) < 4.78 is 11.6. The average Bonchev–Trinajstić information content (AvgIpc) is 2.44. The second-order valence-electron chi connectivity index (χ2n) is 4.66. The molecule has 4 nitrogen and oxygen atoms in total. The molecule has 106 valence electrons. The molecule has 0 spiro atoms. The summed E-state index contributed by atoms with van der Waals surface area (Å²) in [6, 6.07) is 12.8. The molecule has 0 aromatic heterocycles. The topological polar surface area (TPSA) is 70.5 Å². The molecular weight excluding hydrogens is 252 g/mol. The van der Waals surface area contributed by atoms with Gasteiger partial charge in [-0.15, -0.1) is 0 Å². The first kappa shape index (κ1) is 14.1. The number of benzene rings is 2. The standard InChI is InChI=1S/C16H20N2O2/c1-3-16(19-13-6-4-12(17)5-7-13)20-14-8-9-15(18)11(2)10-14/h4-10,16H,3,17-18H2,1-2H3. The van der Waals surface area contributed by atoms with Gasteiger partial charge in [0.1, 0.15) is 11.5 Å². The molecule has 1 atom stereocenters. The minimum Gasteiger partial charge on any atom is -0.455 e. The van der Waals surface area contributed by atoms with Crippen LogP contribution in [0.15, 0.2) is 42.5 Å². The SMILES string of the molecule is CCC(Oc1ccc(N)cc1)Oc1ccc(N)c(C)c1. The minimum absolute atomic E-state index is 0.346. The Bertz CT molecular complexity index is 567. The van der Waals surface area contributed by atoms with Gasteiger partial charge in [0.15, 0.2) is 0 Å². The van der Waals surface area contributed by atoms with Crippen LogP contribution in [0.25, 0.3) is 0 Å². The van der Waals surface area contributed by atoms with E-state index in [0.29, 0.717) is 5.69 Å². The monoisotopic (exact) mass is 272 g/mol. The highest BCUT2D eigenvalue weighted by Gasteiger charge is 2.10. The first-order chi connectivity index (χ1) is 9.58. The molecule has 0 bridgehead atoms. The van der Waals surface area contributed by atoms with E-state index in [1.165, 1.54) is 0 Å². The van der Waals surface area contributed by atoms with E-state index < -0.39 is 0 Å². The Balaban J connectivity index is 2.04. The van der Waals surface area contributed by atoms with E-state index in [2.05, 4.69) is 0 Å². The van der Waals surface area contributed by atoms with Crippen molar-refractivity contribution < 1.29 is 9.47 Å². The molecule has 0 amide bonds. The molecule has 0 aliphatic carbocycles. The summed E-state index contributed by atoms with van der Waals surface area (Å²) >= 11 is 0. The molecule has 0 aliphatic rings. The third-order valence-corrected chi connectivity index (χ3v) is 2.99. The molecule has 4 N–H and O–H groups in total. The van der Waals surface area contributed by atoms with Crippen LogP contribution in [0.3, 0.4) is 0 Å². The molecule has 20 heavy (non-hydrogen) atoms. The second kappa shape index (κ2) is 6.19. The Morgan fingerprint density at radius 1 is 0.950 bits per heavy atom. The Hall–Kier alpha value is -2.36. The van der Waals surface area contributed by atoms with Crippen molar-refractivity contribution >= 4 is 11.4 Å². The number of hydrogen-bond acceptors (Lipinski definition) is 4. The fourth-order valence-corrected chi connectivity index (χ4v) is 1.76. The van der Waals surface area contributed by atoms with Gasteiger partial charge >= 0.3 is 0 Å². The van der Waals surface area contributed by atoms with E-state index in [-0.39, 0.29) is 6.29 Å². The number of anilines is 2. The van der Waals surface area contributed by atoms with Gasteiger partial charge in [0.25, 0.3) is 0 Å². The Labute approximate surface area is 119 Å². The fraction of sp³-hybridized carbons (Fsp3) is 0.250. The first-order valence-corrected chi connectivity index (χ1v) is 6.63. The summed E-state index contributed by atoms with van der Waals surface area (Å²) in [5.41, 5.74) is 13.9. The number of rotatable bonds is 5. The van der Waals surface area contributed by atoms with Gasteiger partial charge in [0.2, 0.25) is 6.29 Å². The third kappa shape index (κ3) is 3.57. The molecule has 2 rings (SSSR count). The number of hydrogen-bond donors (Lipinski definition) is 2. The summed E-state index contributed by atoms with van der Waals surface area (Å²) in [6.07, 6.45) is 0.384. The van der Waals surface area contributed by atoms with Crippen LogP contribution in [0.4, 0.5) is 11.4 Å². The number of nitrogen functional groups attached to an aromatic ring is 2. The van der Waals surface area contributed by atoms with Gasteiger partial charge in [-0.1, -0.05) is 6.92 Å². The zero-order chi connectivity index (χ0) is 14.5. The predicted molar refractivity (Wildman–Crippen MR) is 81.8 cm³/mol. The van der Waals surface area contributed by atoms with E-state index in [1.807, 2.05) is 44.2 Å². The molecule has 0 saturated carbocycles. The van der Waals surface area contributed by atoms with E-state index in [9.17, 15) is 0 Å². The Kier molecular flexibility index (Phi) is 4.35. The quantitative estimate of drug-likeness (QED) is 0.647. The highest BCUT2D eigenvalue weighted by atomic mass is 16.7. The zero-order valence-electron chi connectivity index (χ0n) is 11.8. The molecule has 0 radical (unpaired) electrons. The molecule has 0 fully saturated rings. The van der Waals surface area contributed by atoms with E-state index in [1.54, 1.807) is 12.1 Å². The third-order valence-electron chi connectivity index (χ3n) is 2.99. The molecule has 0 aliphatic heterocycles. The molecule has 0 saturated heterocycles. The zero-order valence-corrected chi connectivity index (χ0v) is 11.8. The number of ether oxygens (including phenoxy) is 2. The van der Waals surface area contributed by atoms with Crippen molar-refractivity contribution in [2.75, 3.05) is 11.5 Å². The van der Waals surface area contributed by atoms with Crippen LogP contribution in [0.1, 0.15) is 18.9 Å². The van der Waals surface area contributed by atoms with Crippen LogP contribution < -0.4 is 20.9 Å². The van der Waals surface area contributed by atoms with E-state index in [0.717, 1.165) is 29.2 Å². The maximum Gasteiger partial charge on any atom is 0.240 e. The fourth-order valence-electron chi connectivity index (χ4n) is 1.76. The summed E-state index contributed by atoms with van der Waals surface area (Å²) in [5, 5.41) is 0. The van der Waals surface area contributed by atoms with Crippen LogP contribution in [0, 0.1) is 6.92 Å². The van der Waals surface area contributed by atoms with Gasteiger partial charge in [-0.2, -0.15) is 0 Å². The summed E-state index contributed by atoms with van der Waals surface area (Å²) in [6.45, 7) is 3.95. The van der Waals surface area contributed by atoms with Gasteiger partial charge in [0.05, 0.1) is 0 Å². The normalized spacial score (nSPS) is 11.9. The van der Waals surface area contributed by atoms with Crippen molar-refractivity contribution in [1.82, 2.24) is 0 Å². The summed E-state index contributed by atoms with van der Waals surface area (Å²) in [4.78, 5) is 0. The minimum atomic E-state index is -0.346. The second-order valence-corrected chi connectivity index (χ2v) is 4.66. The number of nitrogens with two attached hydrogens (primary N) is 2. The molecular formula is C16H20N2O2. The van der Waals surface area contributed by atoms with E-state index >= 15 is 0 Å². The van der Waals surface area contributed by atoms with Crippen LogP contribution in [0.5, 0.6) is 11.5 Å². The summed E-state index contributed by atoms with van der Waals surface area (Å²) in [5.74, 6) is 1.48. The molecule has 4 heteroatoms. The smallest absolute Gasteiger partial charge is 0.240 e. The van der Waals surface area contributed by atoms with Crippen LogP contribution in [0.2, 0.25) is 0 Å². The van der Waals surface area contributed by atoms with Gasteiger partial charge < -0.3 is 20.9 Å².